The van der Waals surface area contributed by atoms with E-state index in [9.17, 15) is 13.2 Å². The molecule has 27 heavy (non-hydrogen) atoms. The first-order chi connectivity index (χ1) is 12.7. The van der Waals surface area contributed by atoms with Gasteiger partial charge >= 0.3 is 0 Å². The molecule has 0 unspecified atom stereocenters. The molecular weight excluding hydrogens is 372 g/mol. The molecule has 1 aliphatic heterocycles. The minimum absolute atomic E-state index is 0.0189. The number of hydrazine groups is 1. The van der Waals surface area contributed by atoms with Crippen LogP contribution in [0.2, 0.25) is 0 Å². The minimum atomic E-state index is -3.09. The van der Waals surface area contributed by atoms with Crippen molar-refractivity contribution in [3.8, 4) is 17.2 Å². The van der Waals surface area contributed by atoms with Gasteiger partial charge in [0.15, 0.2) is 21.3 Å². The summed E-state index contributed by atoms with van der Waals surface area (Å²) in [6.45, 7) is 0. The molecule has 2 rings (SSSR count). The maximum absolute atomic E-state index is 12.7. The van der Waals surface area contributed by atoms with Gasteiger partial charge in [-0.2, -0.15) is 0 Å². The summed E-state index contributed by atoms with van der Waals surface area (Å²) < 4.78 is 39.4. The molecule has 0 bridgehead atoms. The Morgan fingerprint density at radius 2 is 1.70 bits per heavy atom. The van der Waals surface area contributed by atoms with Gasteiger partial charge in [-0.05, 0) is 30.2 Å². The maximum Gasteiger partial charge on any atom is 0.261 e. The Bertz CT molecular complexity index is 794. The Morgan fingerprint density at radius 3 is 2.11 bits per heavy atom. The highest BCUT2D eigenvalue weighted by molar-refractivity contribution is 7.91. The van der Waals surface area contributed by atoms with Gasteiger partial charge in [-0.3, -0.25) is 9.80 Å². The molecular formula is C18H26N2O6S. The maximum atomic E-state index is 12.7. The number of hydrogen-bond acceptors (Lipinski definition) is 7. The van der Waals surface area contributed by atoms with E-state index in [0.717, 1.165) is 0 Å². The lowest BCUT2D eigenvalue weighted by Gasteiger charge is -2.32. The first-order valence-electron chi connectivity index (χ1n) is 8.41. The number of carbonyl (C=O) groups excluding carboxylic acids is 1. The lowest BCUT2D eigenvalue weighted by Crippen LogP contribution is -2.48. The van der Waals surface area contributed by atoms with E-state index in [1.165, 1.54) is 32.4 Å². The molecule has 0 radical (unpaired) electrons. The predicted molar refractivity (Wildman–Crippen MR) is 103 cm³/mol. The van der Waals surface area contributed by atoms with Crippen LogP contribution in [0.4, 0.5) is 0 Å². The molecule has 0 saturated carbocycles. The number of hydrogen-bond donors (Lipinski definition) is 0. The number of amides is 1. The van der Waals surface area contributed by atoms with Gasteiger partial charge in [0.2, 0.25) is 5.75 Å². The van der Waals surface area contributed by atoms with Crippen molar-refractivity contribution in [3.63, 3.8) is 0 Å². The van der Waals surface area contributed by atoms with Crippen LogP contribution in [0, 0.1) is 0 Å². The normalized spacial score (nSPS) is 18.7. The van der Waals surface area contributed by atoms with Crippen LogP contribution < -0.4 is 14.2 Å². The molecule has 1 aromatic rings. The summed E-state index contributed by atoms with van der Waals surface area (Å²) in [5.41, 5.74) is 0.690. The molecule has 8 nitrogen and oxygen atoms in total. The van der Waals surface area contributed by atoms with Crippen LogP contribution >= 0.6 is 0 Å². The smallest absolute Gasteiger partial charge is 0.261 e. The minimum Gasteiger partial charge on any atom is -0.493 e. The quantitative estimate of drug-likeness (QED) is 0.504. The van der Waals surface area contributed by atoms with Gasteiger partial charge in [0.1, 0.15) is 0 Å². The van der Waals surface area contributed by atoms with Crippen molar-refractivity contribution in [2.24, 2.45) is 0 Å². The summed E-state index contributed by atoms with van der Waals surface area (Å²) in [5, 5.41) is 3.09. The number of benzene rings is 1. The van der Waals surface area contributed by atoms with Gasteiger partial charge in [0.05, 0.1) is 38.9 Å². The summed E-state index contributed by atoms with van der Waals surface area (Å²) in [6, 6.07) is 3.10. The summed E-state index contributed by atoms with van der Waals surface area (Å²) >= 11 is 0. The summed E-state index contributed by atoms with van der Waals surface area (Å²) in [7, 11) is 4.90. The zero-order valence-corrected chi connectivity index (χ0v) is 17.1. The summed E-state index contributed by atoms with van der Waals surface area (Å²) in [6.07, 6.45) is 3.47. The summed E-state index contributed by atoms with van der Waals surface area (Å²) in [5.74, 6) is 1.22. The Kier molecular flexibility index (Phi) is 6.72. The van der Waals surface area contributed by atoms with Crippen molar-refractivity contribution in [2.75, 3.05) is 46.9 Å². The SMILES string of the molecule is COc1cc(/C=C/C(=O)N([C@H]2CCS(=O)(=O)C2)N(C)C)cc(OC)c1OC. The fraction of sp³-hybridized carbons (Fsp3) is 0.500. The Hall–Kier alpha value is -2.26. The highest BCUT2D eigenvalue weighted by Gasteiger charge is 2.35. The van der Waals surface area contributed by atoms with Crippen LogP contribution in [-0.4, -0.2) is 77.3 Å². The van der Waals surface area contributed by atoms with E-state index in [1.54, 1.807) is 37.3 Å². The van der Waals surface area contributed by atoms with Gasteiger partial charge in [-0.25, -0.2) is 13.4 Å². The van der Waals surface area contributed by atoms with E-state index in [2.05, 4.69) is 0 Å². The molecule has 1 fully saturated rings. The van der Waals surface area contributed by atoms with Crippen LogP contribution in [-0.2, 0) is 14.6 Å². The standard InChI is InChI=1S/C18H26N2O6S/c1-19(2)20(14-8-9-27(22,23)12-14)17(21)7-6-13-10-15(24-3)18(26-5)16(11-13)25-4/h6-7,10-11,14H,8-9,12H2,1-5H3/b7-6+/t14-/m0/s1. The number of carbonyl (C=O) groups is 1. The second-order valence-electron chi connectivity index (χ2n) is 6.38. The largest absolute Gasteiger partial charge is 0.493 e. The van der Waals surface area contributed by atoms with Gasteiger partial charge in [0.25, 0.3) is 5.91 Å². The first kappa shape index (κ1) is 21.0. The van der Waals surface area contributed by atoms with Gasteiger partial charge in [0, 0.05) is 20.2 Å². The molecule has 0 N–H and O–H groups in total. The number of methoxy groups -OCH3 is 3. The third kappa shape index (κ3) is 4.92. The Morgan fingerprint density at radius 1 is 1.11 bits per heavy atom. The zero-order valence-electron chi connectivity index (χ0n) is 16.3. The molecule has 1 atom stereocenters. The highest BCUT2D eigenvalue weighted by atomic mass is 32.2. The van der Waals surface area contributed by atoms with E-state index in [0.29, 0.717) is 29.2 Å². The fourth-order valence-corrected chi connectivity index (χ4v) is 4.81. The molecule has 1 saturated heterocycles. The Labute approximate surface area is 160 Å². The zero-order chi connectivity index (χ0) is 20.2. The van der Waals surface area contributed by atoms with E-state index in [-0.39, 0.29) is 23.5 Å². The third-order valence-corrected chi connectivity index (χ3v) is 6.07. The van der Waals surface area contributed by atoms with Crippen molar-refractivity contribution >= 4 is 21.8 Å². The van der Waals surface area contributed by atoms with Crippen molar-refractivity contribution in [1.82, 2.24) is 10.0 Å². The lowest BCUT2D eigenvalue weighted by atomic mass is 10.1. The summed E-state index contributed by atoms with van der Waals surface area (Å²) in [4.78, 5) is 12.7. The molecule has 1 amide bonds. The second kappa shape index (κ2) is 8.62. The molecule has 1 aromatic carbocycles. The van der Waals surface area contributed by atoms with Gasteiger partial charge in [-0.1, -0.05) is 0 Å². The number of rotatable bonds is 7. The first-order valence-corrected chi connectivity index (χ1v) is 10.2. The molecule has 0 aliphatic carbocycles. The average molecular weight is 398 g/mol. The van der Waals surface area contributed by atoms with Gasteiger partial charge < -0.3 is 14.2 Å². The van der Waals surface area contributed by atoms with Crippen LogP contribution in [0.5, 0.6) is 17.2 Å². The third-order valence-electron chi connectivity index (χ3n) is 4.32. The van der Waals surface area contributed by atoms with Crippen molar-refractivity contribution in [2.45, 2.75) is 12.5 Å². The van der Waals surface area contributed by atoms with Crippen molar-refractivity contribution in [1.29, 1.82) is 0 Å². The van der Waals surface area contributed by atoms with Crippen molar-refractivity contribution in [3.05, 3.63) is 23.8 Å². The second-order valence-corrected chi connectivity index (χ2v) is 8.61. The number of ether oxygens (including phenoxy) is 3. The van der Waals surface area contributed by atoms with Crippen molar-refractivity contribution < 1.29 is 27.4 Å². The molecule has 0 spiro atoms. The van der Waals surface area contributed by atoms with Crippen LogP contribution in [0.1, 0.15) is 12.0 Å². The molecule has 0 aromatic heterocycles. The van der Waals surface area contributed by atoms with Crippen LogP contribution in [0.3, 0.4) is 0 Å². The van der Waals surface area contributed by atoms with Gasteiger partial charge in [-0.15, -0.1) is 0 Å². The van der Waals surface area contributed by atoms with E-state index < -0.39 is 9.84 Å². The Balaban J connectivity index is 2.26. The molecule has 1 aliphatic rings. The topological polar surface area (TPSA) is 85.4 Å². The highest BCUT2D eigenvalue weighted by Crippen LogP contribution is 2.38. The van der Waals surface area contributed by atoms with E-state index in [4.69, 9.17) is 14.2 Å². The number of nitrogens with zero attached hydrogens (tertiary/aromatic N) is 2. The fourth-order valence-electron chi connectivity index (χ4n) is 3.11. The lowest BCUT2D eigenvalue weighted by molar-refractivity contribution is -0.143. The molecule has 9 heteroatoms. The predicted octanol–water partition coefficient (Wildman–Crippen LogP) is 1.22. The van der Waals surface area contributed by atoms with E-state index >= 15 is 0 Å². The molecule has 1 heterocycles. The van der Waals surface area contributed by atoms with Crippen LogP contribution in [0.25, 0.3) is 6.08 Å². The van der Waals surface area contributed by atoms with Crippen LogP contribution in [0.15, 0.2) is 18.2 Å². The van der Waals surface area contributed by atoms with E-state index in [1.807, 2.05) is 0 Å². The molecule has 150 valence electrons. The average Bonchev–Trinajstić information content (AvgIpc) is 2.97. The number of sulfone groups is 1. The monoisotopic (exact) mass is 398 g/mol.